The lowest BCUT2D eigenvalue weighted by atomic mass is 9.87. The minimum Gasteiger partial charge on any atom is -0.508 e. The molecule has 0 spiro atoms. The SMILES string of the molecule is NC(=O)c1cccc(NC2CCCc3cc(O)ccc32)c1. The van der Waals surface area contributed by atoms with Crippen LogP contribution in [0.15, 0.2) is 42.5 Å². The van der Waals surface area contributed by atoms with Crippen molar-refractivity contribution in [2.45, 2.75) is 25.3 Å². The van der Waals surface area contributed by atoms with Gasteiger partial charge in [-0.25, -0.2) is 0 Å². The Morgan fingerprint density at radius 3 is 2.90 bits per heavy atom. The van der Waals surface area contributed by atoms with Gasteiger partial charge in [0, 0.05) is 11.3 Å². The Morgan fingerprint density at radius 2 is 2.10 bits per heavy atom. The molecule has 1 unspecified atom stereocenters. The predicted molar refractivity (Wildman–Crippen MR) is 82.4 cm³/mol. The lowest BCUT2D eigenvalue weighted by molar-refractivity contribution is 0.100. The Morgan fingerprint density at radius 1 is 1.24 bits per heavy atom. The number of rotatable bonds is 3. The summed E-state index contributed by atoms with van der Waals surface area (Å²) in [5, 5.41) is 13.1. The molecule has 1 amide bonds. The lowest BCUT2D eigenvalue weighted by Gasteiger charge is -2.27. The fourth-order valence-electron chi connectivity index (χ4n) is 2.91. The molecule has 4 nitrogen and oxygen atoms in total. The number of aryl methyl sites for hydroxylation is 1. The summed E-state index contributed by atoms with van der Waals surface area (Å²) in [6.07, 6.45) is 3.09. The van der Waals surface area contributed by atoms with E-state index in [1.807, 2.05) is 24.3 Å². The van der Waals surface area contributed by atoms with E-state index in [0.29, 0.717) is 11.3 Å². The maximum Gasteiger partial charge on any atom is 0.248 e. The Hall–Kier alpha value is -2.49. The molecule has 0 radical (unpaired) electrons. The molecule has 21 heavy (non-hydrogen) atoms. The second kappa shape index (κ2) is 5.48. The van der Waals surface area contributed by atoms with Crippen LogP contribution in [0, 0.1) is 0 Å². The van der Waals surface area contributed by atoms with Crippen molar-refractivity contribution < 1.29 is 9.90 Å². The molecule has 108 valence electrons. The number of aromatic hydroxyl groups is 1. The lowest BCUT2D eigenvalue weighted by Crippen LogP contribution is -2.18. The Bertz CT molecular complexity index is 682. The topological polar surface area (TPSA) is 75.4 Å². The molecule has 0 aromatic heterocycles. The van der Waals surface area contributed by atoms with Crippen molar-refractivity contribution in [3.63, 3.8) is 0 Å². The van der Waals surface area contributed by atoms with E-state index < -0.39 is 5.91 Å². The number of nitrogens with one attached hydrogen (secondary N) is 1. The van der Waals surface area contributed by atoms with Crippen molar-refractivity contribution in [3.8, 4) is 5.75 Å². The molecule has 4 N–H and O–H groups in total. The van der Waals surface area contributed by atoms with Crippen molar-refractivity contribution >= 4 is 11.6 Å². The van der Waals surface area contributed by atoms with Crippen LogP contribution in [0.1, 0.15) is 40.4 Å². The summed E-state index contributed by atoms with van der Waals surface area (Å²) in [6, 6.07) is 13.0. The number of nitrogens with two attached hydrogens (primary N) is 1. The molecule has 0 heterocycles. The van der Waals surface area contributed by atoms with Crippen molar-refractivity contribution in [3.05, 3.63) is 59.2 Å². The van der Waals surface area contributed by atoms with Crippen molar-refractivity contribution in [1.29, 1.82) is 0 Å². The fraction of sp³-hybridized carbons (Fsp3) is 0.235. The largest absolute Gasteiger partial charge is 0.508 e. The van der Waals surface area contributed by atoms with Gasteiger partial charge in [0.1, 0.15) is 5.75 Å². The Balaban J connectivity index is 1.86. The first-order chi connectivity index (χ1) is 10.1. The van der Waals surface area contributed by atoms with Gasteiger partial charge in [-0.1, -0.05) is 12.1 Å². The minimum atomic E-state index is -0.424. The monoisotopic (exact) mass is 282 g/mol. The quantitative estimate of drug-likeness (QED) is 0.810. The average molecular weight is 282 g/mol. The molecule has 0 bridgehead atoms. The first-order valence-electron chi connectivity index (χ1n) is 7.11. The highest BCUT2D eigenvalue weighted by Crippen LogP contribution is 2.34. The minimum absolute atomic E-state index is 0.192. The highest BCUT2D eigenvalue weighted by molar-refractivity contribution is 5.93. The van der Waals surface area contributed by atoms with E-state index in [2.05, 4.69) is 5.32 Å². The molecular weight excluding hydrogens is 264 g/mol. The molecule has 0 fully saturated rings. The molecule has 1 aliphatic carbocycles. The zero-order valence-corrected chi connectivity index (χ0v) is 11.7. The molecule has 4 heteroatoms. The summed E-state index contributed by atoms with van der Waals surface area (Å²) in [4.78, 5) is 11.2. The van der Waals surface area contributed by atoms with Gasteiger partial charge in [0.15, 0.2) is 0 Å². The number of amides is 1. The van der Waals surface area contributed by atoms with Crippen LogP contribution >= 0.6 is 0 Å². The van der Waals surface area contributed by atoms with Gasteiger partial charge >= 0.3 is 0 Å². The maximum absolute atomic E-state index is 11.2. The number of carbonyl (C=O) groups excluding carboxylic acids is 1. The van der Waals surface area contributed by atoms with Crippen LogP contribution in [0.4, 0.5) is 5.69 Å². The van der Waals surface area contributed by atoms with E-state index in [4.69, 9.17) is 5.73 Å². The number of phenols is 1. The van der Waals surface area contributed by atoms with Gasteiger partial charge in [-0.15, -0.1) is 0 Å². The van der Waals surface area contributed by atoms with E-state index in [0.717, 1.165) is 24.9 Å². The summed E-state index contributed by atoms with van der Waals surface area (Å²) in [5.41, 5.74) is 9.10. The first-order valence-corrected chi connectivity index (χ1v) is 7.11. The normalized spacial score (nSPS) is 17.0. The highest BCUT2D eigenvalue weighted by Gasteiger charge is 2.20. The van der Waals surface area contributed by atoms with Crippen LogP contribution < -0.4 is 11.1 Å². The third kappa shape index (κ3) is 2.84. The zero-order valence-electron chi connectivity index (χ0n) is 11.7. The van der Waals surface area contributed by atoms with Crippen LogP contribution in [0.3, 0.4) is 0 Å². The number of primary amides is 1. The summed E-state index contributed by atoms with van der Waals surface area (Å²) in [6.45, 7) is 0. The highest BCUT2D eigenvalue weighted by atomic mass is 16.3. The van der Waals surface area contributed by atoms with E-state index >= 15 is 0 Å². The molecule has 0 saturated heterocycles. The average Bonchev–Trinajstić information content (AvgIpc) is 2.47. The molecule has 0 saturated carbocycles. The number of hydrogen-bond donors (Lipinski definition) is 3. The second-order valence-corrected chi connectivity index (χ2v) is 5.42. The smallest absolute Gasteiger partial charge is 0.248 e. The number of hydrogen-bond acceptors (Lipinski definition) is 3. The van der Waals surface area contributed by atoms with Gasteiger partial charge < -0.3 is 16.2 Å². The molecule has 2 aromatic rings. The van der Waals surface area contributed by atoms with E-state index in [1.54, 1.807) is 18.2 Å². The Kier molecular flexibility index (Phi) is 3.52. The Labute approximate surface area is 123 Å². The first kappa shape index (κ1) is 13.5. The van der Waals surface area contributed by atoms with Gasteiger partial charge in [0.2, 0.25) is 5.91 Å². The summed E-state index contributed by atoms with van der Waals surface area (Å²) >= 11 is 0. The third-order valence-corrected chi connectivity index (χ3v) is 3.93. The van der Waals surface area contributed by atoms with E-state index in [1.165, 1.54) is 11.1 Å². The van der Waals surface area contributed by atoms with Crippen molar-refractivity contribution in [2.24, 2.45) is 5.73 Å². The van der Waals surface area contributed by atoms with Crippen LogP contribution in [0.5, 0.6) is 5.75 Å². The molecule has 1 aliphatic rings. The maximum atomic E-state index is 11.2. The third-order valence-electron chi connectivity index (χ3n) is 3.93. The number of benzene rings is 2. The van der Waals surface area contributed by atoms with Gasteiger partial charge in [-0.3, -0.25) is 4.79 Å². The fourth-order valence-corrected chi connectivity index (χ4v) is 2.91. The van der Waals surface area contributed by atoms with Gasteiger partial charge in [-0.2, -0.15) is 0 Å². The van der Waals surface area contributed by atoms with Crippen molar-refractivity contribution in [2.75, 3.05) is 5.32 Å². The van der Waals surface area contributed by atoms with Crippen molar-refractivity contribution in [1.82, 2.24) is 0 Å². The molecule has 0 aliphatic heterocycles. The second-order valence-electron chi connectivity index (χ2n) is 5.42. The van der Waals surface area contributed by atoms with Crippen LogP contribution in [0.25, 0.3) is 0 Å². The summed E-state index contributed by atoms with van der Waals surface area (Å²) in [5.74, 6) is -0.113. The summed E-state index contributed by atoms with van der Waals surface area (Å²) < 4.78 is 0. The number of fused-ring (bicyclic) bond motifs is 1. The standard InChI is InChI=1S/C17H18N2O2/c18-17(21)12-4-1-5-13(9-12)19-16-6-2-3-11-10-14(20)7-8-15(11)16/h1,4-5,7-10,16,19-20H,2-3,6H2,(H2,18,21). The van der Waals surface area contributed by atoms with Crippen LogP contribution in [-0.4, -0.2) is 11.0 Å². The number of phenolic OH excluding ortho intramolecular Hbond substituents is 1. The van der Waals surface area contributed by atoms with E-state index in [9.17, 15) is 9.90 Å². The van der Waals surface area contributed by atoms with E-state index in [-0.39, 0.29) is 6.04 Å². The molecule has 3 rings (SSSR count). The van der Waals surface area contributed by atoms with Gasteiger partial charge in [0.05, 0.1) is 6.04 Å². The van der Waals surface area contributed by atoms with Crippen LogP contribution in [-0.2, 0) is 6.42 Å². The van der Waals surface area contributed by atoms with Crippen LogP contribution in [0.2, 0.25) is 0 Å². The number of anilines is 1. The van der Waals surface area contributed by atoms with Gasteiger partial charge in [0.25, 0.3) is 0 Å². The molecular formula is C17H18N2O2. The molecule has 2 aromatic carbocycles. The zero-order chi connectivity index (χ0) is 14.8. The predicted octanol–water partition coefficient (Wildman–Crippen LogP) is 2.98. The number of carbonyl (C=O) groups is 1. The van der Waals surface area contributed by atoms with Gasteiger partial charge in [-0.05, 0) is 60.7 Å². The molecule has 1 atom stereocenters. The summed E-state index contributed by atoms with van der Waals surface area (Å²) in [7, 11) is 0.